The number of nitrogens with zero attached hydrogens (tertiary/aromatic N) is 2. The van der Waals surface area contributed by atoms with Gasteiger partial charge in [-0.3, -0.25) is 9.89 Å². The van der Waals surface area contributed by atoms with Crippen molar-refractivity contribution in [3.05, 3.63) is 11.8 Å². The molecule has 0 amide bonds. The molecule has 0 aliphatic carbocycles. The Labute approximate surface area is 121 Å². The van der Waals surface area contributed by atoms with Crippen LogP contribution in [0.15, 0.2) is 11.2 Å². The number of esters is 1. The molecule has 0 fully saturated rings. The summed E-state index contributed by atoms with van der Waals surface area (Å²) in [6.45, 7) is 3.99. The highest BCUT2D eigenvalue weighted by Gasteiger charge is 2.34. The van der Waals surface area contributed by atoms with Crippen molar-refractivity contribution < 1.29 is 27.9 Å². The SMILES string of the molecule is CCOC(=O)c1cn[nH]c1S(=O)(=O)N(CC(=O)O)C(C)C. The fraction of sp³-hybridized carbons (Fsp3) is 0.545. The van der Waals surface area contributed by atoms with Crippen molar-refractivity contribution in [1.29, 1.82) is 0 Å². The van der Waals surface area contributed by atoms with Gasteiger partial charge in [0.15, 0.2) is 5.03 Å². The maximum Gasteiger partial charge on any atom is 0.342 e. The van der Waals surface area contributed by atoms with Crippen LogP contribution in [0.5, 0.6) is 0 Å². The standard InChI is InChI=1S/C11H17N3O6S/c1-4-20-11(17)8-5-12-13-10(8)21(18,19)14(7(2)3)6-9(15)16/h5,7H,4,6H2,1-3H3,(H,12,13)(H,15,16). The Kier molecular flexibility index (Phi) is 5.44. The molecule has 9 nitrogen and oxygen atoms in total. The first-order valence-corrected chi connectivity index (χ1v) is 7.60. The number of ether oxygens (including phenoxy) is 1. The number of sulfonamides is 1. The van der Waals surface area contributed by atoms with E-state index in [2.05, 4.69) is 10.2 Å². The molecule has 2 N–H and O–H groups in total. The number of carbonyl (C=O) groups is 2. The number of rotatable bonds is 7. The lowest BCUT2D eigenvalue weighted by Gasteiger charge is -2.23. The number of carboxylic acid groups (broad SMARTS) is 1. The Morgan fingerprint density at radius 3 is 2.57 bits per heavy atom. The molecule has 1 aromatic rings. The Morgan fingerprint density at radius 1 is 1.48 bits per heavy atom. The van der Waals surface area contributed by atoms with Gasteiger partial charge < -0.3 is 9.84 Å². The first-order valence-electron chi connectivity index (χ1n) is 6.15. The van der Waals surface area contributed by atoms with Gasteiger partial charge in [-0.05, 0) is 20.8 Å². The average molecular weight is 319 g/mol. The number of aromatic nitrogens is 2. The smallest absolute Gasteiger partial charge is 0.342 e. The van der Waals surface area contributed by atoms with E-state index in [1.807, 2.05) is 0 Å². The van der Waals surface area contributed by atoms with Crippen LogP contribution in [0.3, 0.4) is 0 Å². The lowest BCUT2D eigenvalue weighted by molar-refractivity contribution is -0.137. The third kappa shape index (κ3) is 3.79. The molecule has 0 spiro atoms. The number of H-pyrrole nitrogens is 1. The molecule has 10 heteroatoms. The summed E-state index contributed by atoms with van der Waals surface area (Å²) >= 11 is 0. The van der Waals surface area contributed by atoms with Crippen LogP contribution < -0.4 is 0 Å². The molecule has 0 saturated heterocycles. The number of carboxylic acids is 1. The molecule has 118 valence electrons. The number of aliphatic carboxylic acids is 1. The summed E-state index contributed by atoms with van der Waals surface area (Å²) < 4.78 is 30.5. The van der Waals surface area contributed by atoms with Crippen LogP contribution in [-0.4, -0.2) is 59.2 Å². The Hall–Kier alpha value is -1.94. The zero-order valence-corrected chi connectivity index (χ0v) is 12.7. The third-order valence-corrected chi connectivity index (χ3v) is 4.53. The van der Waals surface area contributed by atoms with Crippen LogP contribution in [0.1, 0.15) is 31.1 Å². The quantitative estimate of drug-likeness (QED) is 0.680. The van der Waals surface area contributed by atoms with Crippen molar-refractivity contribution in [2.45, 2.75) is 31.8 Å². The highest BCUT2D eigenvalue weighted by atomic mass is 32.2. The molecule has 0 saturated carbocycles. The molecule has 0 radical (unpaired) electrons. The van der Waals surface area contributed by atoms with E-state index in [0.717, 1.165) is 10.5 Å². The summed E-state index contributed by atoms with van der Waals surface area (Å²) in [5, 5.41) is 14.1. The molecule has 0 atom stereocenters. The van der Waals surface area contributed by atoms with Crippen molar-refractivity contribution in [3.8, 4) is 0 Å². The number of aromatic amines is 1. The van der Waals surface area contributed by atoms with Crippen molar-refractivity contribution in [1.82, 2.24) is 14.5 Å². The van der Waals surface area contributed by atoms with Crippen LogP contribution >= 0.6 is 0 Å². The number of nitrogens with one attached hydrogen (secondary N) is 1. The minimum atomic E-state index is -4.21. The van der Waals surface area contributed by atoms with Crippen LogP contribution in [0, 0.1) is 0 Å². The molecule has 1 rings (SSSR count). The van der Waals surface area contributed by atoms with E-state index < -0.39 is 39.6 Å². The fourth-order valence-electron chi connectivity index (χ4n) is 1.62. The molecule has 0 aromatic carbocycles. The first-order chi connectivity index (χ1) is 9.71. The van der Waals surface area contributed by atoms with Crippen LogP contribution in [0.25, 0.3) is 0 Å². The minimum absolute atomic E-state index is 0.0759. The second-order valence-corrected chi connectivity index (χ2v) is 6.20. The maximum absolute atomic E-state index is 12.5. The summed E-state index contributed by atoms with van der Waals surface area (Å²) in [4.78, 5) is 22.5. The summed E-state index contributed by atoms with van der Waals surface area (Å²) in [6.07, 6.45) is 1.03. The van der Waals surface area contributed by atoms with Gasteiger partial charge in [0.05, 0.1) is 12.8 Å². The van der Waals surface area contributed by atoms with Crippen molar-refractivity contribution >= 4 is 22.0 Å². The fourth-order valence-corrected chi connectivity index (χ4v) is 3.27. The van der Waals surface area contributed by atoms with E-state index in [-0.39, 0.29) is 12.2 Å². The van der Waals surface area contributed by atoms with Gasteiger partial charge in [-0.2, -0.15) is 9.40 Å². The predicted molar refractivity (Wildman–Crippen MR) is 71.2 cm³/mol. The minimum Gasteiger partial charge on any atom is -0.480 e. The van der Waals surface area contributed by atoms with Gasteiger partial charge in [0.25, 0.3) is 10.0 Å². The van der Waals surface area contributed by atoms with E-state index in [1.54, 1.807) is 6.92 Å². The van der Waals surface area contributed by atoms with Crippen molar-refractivity contribution in [3.63, 3.8) is 0 Å². The summed E-state index contributed by atoms with van der Waals surface area (Å²) in [5.74, 6) is -2.15. The third-order valence-electron chi connectivity index (χ3n) is 2.53. The summed E-state index contributed by atoms with van der Waals surface area (Å²) in [7, 11) is -4.21. The Balaban J connectivity index is 3.27. The molecule has 0 aliphatic heterocycles. The van der Waals surface area contributed by atoms with Crippen LogP contribution in [0.2, 0.25) is 0 Å². The highest BCUT2D eigenvalue weighted by Crippen LogP contribution is 2.20. The van der Waals surface area contributed by atoms with Gasteiger partial charge in [-0.15, -0.1) is 0 Å². The average Bonchev–Trinajstić information content (AvgIpc) is 2.85. The molecule has 21 heavy (non-hydrogen) atoms. The van der Waals surface area contributed by atoms with E-state index >= 15 is 0 Å². The summed E-state index contributed by atoms with van der Waals surface area (Å²) in [6, 6.07) is -0.607. The molecule has 0 aliphatic rings. The van der Waals surface area contributed by atoms with Gasteiger partial charge >= 0.3 is 11.9 Å². The van der Waals surface area contributed by atoms with E-state index in [0.29, 0.717) is 0 Å². The molecule has 1 aromatic heterocycles. The van der Waals surface area contributed by atoms with E-state index in [4.69, 9.17) is 9.84 Å². The number of carbonyl (C=O) groups excluding carboxylic acids is 1. The number of hydrogen-bond donors (Lipinski definition) is 2. The van der Waals surface area contributed by atoms with Gasteiger partial charge in [-0.1, -0.05) is 0 Å². The topological polar surface area (TPSA) is 130 Å². The zero-order chi connectivity index (χ0) is 16.2. The largest absolute Gasteiger partial charge is 0.480 e. The molecular formula is C11H17N3O6S. The maximum atomic E-state index is 12.5. The van der Waals surface area contributed by atoms with Gasteiger partial charge in [0.1, 0.15) is 12.1 Å². The predicted octanol–water partition coefficient (Wildman–Crippen LogP) is 0.0701. The first kappa shape index (κ1) is 17.1. The van der Waals surface area contributed by atoms with Gasteiger partial charge in [0, 0.05) is 6.04 Å². The van der Waals surface area contributed by atoms with Crippen LogP contribution in [-0.2, 0) is 19.6 Å². The van der Waals surface area contributed by atoms with Crippen molar-refractivity contribution in [2.24, 2.45) is 0 Å². The van der Waals surface area contributed by atoms with Crippen molar-refractivity contribution in [2.75, 3.05) is 13.2 Å². The van der Waals surface area contributed by atoms with E-state index in [1.165, 1.54) is 13.8 Å². The highest BCUT2D eigenvalue weighted by molar-refractivity contribution is 7.89. The lowest BCUT2D eigenvalue weighted by Crippen LogP contribution is -2.41. The lowest BCUT2D eigenvalue weighted by atomic mass is 10.4. The molecule has 0 unspecified atom stereocenters. The normalized spacial score (nSPS) is 11.9. The van der Waals surface area contributed by atoms with Crippen LogP contribution in [0.4, 0.5) is 0 Å². The molecule has 0 bridgehead atoms. The van der Waals surface area contributed by atoms with Gasteiger partial charge in [0.2, 0.25) is 0 Å². The Morgan fingerprint density at radius 2 is 2.10 bits per heavy atom. The molecular weight excluding hydrogens is 302 g/mol. The summed E-state index contributed by atoms with van der Waals surface area (Å²) in [5.41, 5.74) is -0.257. The number of hydrogen-bond acceptors (Lipinski definition) is 6. The Bertz CT molecular complexity index is 622. The monoisotopic (exact) mass is 319 g/mol. The van der Waals surface area contributed by atoms with Gasteiger partial charge in [-0.25, -0.2) is 13.2 Å². The second kappa shape index (κ2) is 6.68. The second-order valence-electron chi connectivity index (χ2n) is 4.37. The molecule has 1 heterocycles. The van der Waals surface area contributed by atoms with E-state index in [9.17, 15) is 18.0 Å². The zero-order valence-electron chi connectivity index (χ0n) is 11.9.